The fourth-order valence-electron chi connectivity index (χ4n) is 3.45. The molecule has 0 spiro atoms. The number of rotatable bonds is 8. The topological polar surface area (TPSA) is 76.7 Å². The average Bonchev–Trinajstić information content (AvgIpc) is 3.04. The van der Waals surface area contributed by atoms with Gasteiger partial charge in [0.25, 0.3) is 0 Å². The smallest absolute Gasteiger partial charge is 0.341 e. The van der Waals surface area contributed by atoms with E-state index in [1.807, 2.05) is 31.2 Å². The number of hydrogen-bond acceptors (Lipinski definition) is 6. The molecule has 6 nitrogen and oxygen atoms in total. The molecule has 1 aliphatic rings. The molecule has 1 aliphatic carbocycles. The van der Waals surface area contributed by atoms with Crippen LogP contribution in [0.15, 0.2) is 24.3 Å². The minimum absolute atomic E-state index is 0.106. The number of fused-ring (bicyclic) bond motifs is 1. The highest BCUT2D eigenvalue weighted by atomic mass is 32.1. The van der Waals surface area contributed by atoms with Crippen LogP contribution in [0.5, 0.6) is 5.75 Å². The average molecular weight is 417 g/mol. The van der Waals surface area contributed by atoms with E-state index in [9.17, 15) is 9.59 Å². The van der Waals surface area contributed by atoms with E-state index in [0.717, 1.165) is 36.3 Å². The number of carbonyl (C=O) groups is 2. The summed E-state index contributed by atoms with van der Waals surface area (Å²) in [5.74, 6) is 0.825. The maximum Gasteiger partial charge on any atom is 0.341 e. The van der Waals surface area contributed by atoms with Crippen LogP contribution in [0.3, 0.4) is 0 Å². The molecule has 2 N–H and O–H groups in total. The summed E-state index contributed by atoms with van der Waals surface area (Å²) >= 11 is 1.50. The number of carbonyl (C=O) groups excluding carboxylic acids is 2. The first-order chi connectivity index (χ1) is 14.0. The minimum Gasteiger partial charge on any atom is -0.494 e. The molecule has 0 saturated heterocycles. The van der Waals surface area contributed by atoms with Crippen LogP contribution in [0.2, 0.25) is 0 Å². The summed E-state index contributed by atoms with van der Waals surface area (Å²) in [4.78, 5) is 26.2. The Morgan fingerprint density at radius 2 is 1.93 bits per heavy atom. The first-order valence-electron chi connectivity index (χ1n) is 10.1. The first-order valence-corrected chi connectivity index (χ1v) is 10.9. The van der Waals surface area contributed by atoms with Gasteiger partial charge in [0.05, 0.1) is 25.3 Å². The lowest BCUT2D eigenvalue weighted by molar-refractivity contribution is -0.114. The van der Waals surface area contributed by atoms with E-state index in [4.69, 9.17) is 9.47 Å². The van der Waals surface area contributed by atoms with Gasteiger partial charge in [0, 0.05) is 10.6 Å². The normalized spacial score (nSPS) is 15.3. The minimum atomic E-state index is -0.352. The van der Waals surface area contributed by atoms with Crippen LogP contribution in [0.25, 0.3) is 0 Å². The molecule has 1 amide bonds. The molecule has 1 unspecified atom stereocenters. The quantitative estimate of drug-likeness (QED) is 0.620. The molecule has 1 aromatic carbocycles. The number of amides is 1. The van der Waals surface area contributed by atoms with Gasteiger partial charge in [0.2, 0.25) is 5.91 Å². The summed E-state index contributed by atoms with van der Waals surface area (Å²) in [6.07, 6.45) is 2.83. The highest BCUT2D eigenvalue weighted by molar-refractivity contribution is 7.17. The zero-order valence-corrected chi connectivity index (χ0v) is 18.0. The Bertz CT molecular complexity index is 860. The molecule has 3 rings (SSSR count). The summed E-state index contributed by atoms with van der Waals surface area (Å²) in [5.41, 5.74) is 2.41. The van der Waals surface area contributed by atoms with Crippen molar-refractivity contribution in [2.75, 3.05) is 30.4 Å². The van der Waals surface area contributed by atoms with Crippen LogP contribution in [0, 0.1) is 5.92 Å². The van der Waals surface area contributed by atoms with E-state index in [2.05, 4.69) is 17.6 Å². The van der Waals surface area contributed by atoms with Crippen molar-refractivity contribution in [2.45, 2.75) is 40.0 Å². The number of hydrogen-bond donors (Lipinski definition) is 2. The van der Waals surface area contributed by atoms with Gasteiger partial charge < -0.3 is 20.1 Å². The number of anilines is 2. The summed E-state index contributed by atoms with van der Waals surface area (Å²) < 4.78 is 10.7. The molecule has 2 aromatic rings. The Hall–Kier alpha value is -2.54. The zero-order valence-electron chi connectivity index (χ0n) is 17.2. The van der Waals surface area contributed by atoms with E-state index < -0.39 is 0 Å². The molecule has 0 aliphatic heterocycles. The SMILES string of the molecule is CCOC(=O)c1c(NC(=O)CNc2ccc(OCC)cc2)sc2c1CCC(C)C2. The van der Waals surface area contributed by atoms with Crippen molar-refractivity contribution in [3.05, 3.63) is 40.3 Å². The third kappa shape index (κ3) is 5.29. The number of ether oxygens (including phenoxy) is 2. The Morgan fingerprint density at radius 3 is 2.62 bits per heavy atom. The van der Waals surface area contributed by atoms with Crippen LogP contribution in [0.4, 0.5) is 10.7 Å². The van der Waals surface area contributed by atoms with Crippen LogP contribution < -0.4 is 15.4 Å². The standard InChI is InChI=1S/C22H28N2O4S/c1-4-27-16-9-7-15(8-10-16)23-13-19(25)24-21-20(22(26)28-5-2)17-11-6-14(3)12-18(17)29-21/h7-10,14,23H,4-6,11-13H2,1-3H3,(H,24,25). The molecular formula is C22H28N2O4S. The summed E-state index contributed by atoms with van der Waals surface area (Å²) in [7, 11) is 0. The second-order valence-corrected chi connectivity index (χ2v) is 8.24. The van der Waals surface area contributed by atoms with Crippen LogP contribution >= 0.6 is 11.3 Å². The molecule has 156 valence electrons. The third-order valence-corrected chi connectivity index (χ3v) is 6.03. The van der Waals surface area contributed by atoms with E-state index in [0.29, 0.717) is 29.7 Å². The molecule has 1 atom stereocenters. The lowest BCUT2D eigenvalue weighted by Crippen LogP contribution is -2.22. The maximum absolute atomic E-state index is 12.5. The van der Waals surface area contributed by atoms with Gasteiger partial charge in [-0.25, -0.2) is 4.79 Å². The number of thiophene rings is 1. The summed E-state index contributed by atoms with van der Waals surface area (Å²) in [5, 5.41) is 6.61. The largest absolute Gasteiger partial charge is 0.494 e. The molecule has 29 heavy (non-hydrogen) atoms. The Labute approximate surface area is 175 Å². The van der Waals surface area contributed by atoms with Gasteiger partial charge in [0.1, 0.15) is 10.8 Å². The Balaban J connectivity index is 1.68. The summed E-state index contributed by atoms with van der Waals surface area (Å²) in [6, 6.07) is 7.45. The van der Waals surface area contributed by atoms with Gasteiger partial charge in [-0.2, -0.15) is 0 Å². The number of esters is 1. The van der Waals surface area contributed by atoms with Crippen molar-refractivity contribution in [2.24, 2.45) is 5.92 Å². The van der Waals surface area contributed by atoms with Crippen molar-refractivity contribution in [1.29, 1.82) is 0 Å². The first kappa shape index (κ1) is 21.2. The highest BCUT2D eigenvalue weighted by Crippen LogP contribution is 2.40. The van der Waals surface area contributed by atoms with Gasteiger partial charge in [-0.1, -0.05) is 6.92 Å². The lowest BCUT2D eigenvalue weighted by Gasteiger charge is -2.18. The number of nitrogens with one attached hydrogen (secondary N) is 2. The van der Waals surface area contributed by atoms with Gasteiger partial charge in [-0.3, -0.25) is 4.79 Å². The number of benzene rings is 1. The maximum atomic E-state index is 12.5. The van der Waals surface area contributed by atoms with E-state index in [1.165, 1.54) is 16.2 Å². The molecule has 0 fully saturated rings. The third-order valence-electron chi connectivity index (χ3n) is 4.86. The van der Waals surface area contributed by atoms with Crippen LogP contribution in [0.1, 0.15) is 48.0 Å². The predicted molar refractivity (Wildman–Crippen MR) is 116 cm³/mol. The second kappa shape index (κ2) is 9.78. The van der Waals surface area contributed by atoms with Crippen molar-refractivity contribution in [3.8, 4) is 5.75 Å². The van der Waals surface area contributed by atoms with Crippen molar-refractivity contribution < 1.29 is 19.1 Å². The van der Waals surface area contributed by atoms with Crippen LogP contribution in [-0.2, 0) is 22.4 Å². The van der Waals surface area contributed by atoms with E-state index in [-0.39, 0.29) is 18.4 Å². The van der Waals surface area contributed by atoms with Crippen LogP contribution in [-0.4, -0.2) is 31.6 Å². The van der Waals surface area contributed by atoms with E-state index in [1.54, 1.807) is 6.92 Å². The van der Waals surface area contributed by atoms with Gasteiger partial charge in [0.15, 0.2) is 0 Å². The molecule has 7 heteroatoms. The molecule has 0 saturated carbocycles. The molecule has 0 bridgehead atoms. The zero-order chi connectivity index (χ0) is 20.8. The van der Waals surface area contributed by atoms with Crippen molar-refractivity contribution in [1.82, 2.24) is 0 Å². The summed E-state index contributed by atoms with van der Waals surface area (Å²) in [6.45, 7) is 6.97. The fourth-order valence-corrected chi connectivity index (χ4v) is 4.86. The Morgan fingerprint density at radius 1 is 1.17 bits per heavy atom. The molecule has 0 radical (unpaired) electrons. The van der Waals surface area contributed by atoms with Gasteiger partial charge in [-0.05, 0) is 68.9 Å². The highest BCUT2D eigenvalue weighted by Gasteiger charge is 2.29. The van der Waals surface area contributed by atoms with Gasteiger partial charge in [-0.15, -0.1) is 11.3 Å². The van der Waals surface area contributed by atoms with E-state index >= 15 is 0 Å². The fraction of sp³-hybridized carbons (Fsp3) is 0.455. The second-order valence-electron chi connectivity index (χ2n) is 7.14. The lowest BCUT2D eigenvalue weighted by atomic mass is 9.88. The molecule has 1 heterocycles. The molecule has 1 aromatic heterocycles. The monoisotopic (exact) mass is 416 g/mol. The Kier molecular flexibility index (Phi) is 7.14. The van der Waals surface area contributed by atoms with Gasteiger partial charge >= 0.3 is 5.97 Å². The molecular weight excluding hydrogens is 388 g/mol. The predicted octanol–water partition coefficient (Wildman–Crippen LogP) is 4.50. The van der Waals surface area contributed by atoms with Crippen molar-refractivity contribution in [3.63, 3.8) is 0 Å². The van der Waals surface area contributed by atoms with Crippen molar-refractivity contribution >= 4 is 33.9 Å².